The van der Waals surface area contributed by atoms with Crippen LogP contribution in [0.3, 0.4) is 0 Å². The van der Waals surface area contributed by atoms with Crippen molar-refractivity contribution in [1.82, 2.24) is 0 Å². The second-order valence-corrected chi connectivity index (χ2v) is 2.66. The maximum Gasteiger partial charge on any atom is 0.293 e. The highest BCUT2D eigenvalue weighted by atomic mass is 16.6. The van der Waals surface area contributed by atoms with Crippen LogP contribution < -0.4 is 4.74 Å². The van der Waals surface area contributed by atoms with Gasteiger partial charge in [0.2, 0.25) is 0 Å². The van der Waals surface area contributed by atoms with Gasteiger partial charge < -0.3 is 4.74 Å². The quantitative estimate of drug-likeness (QED) is 0.528. The number of hydrogen-bond acceptors (Lipinski definition) is 4. The Hall–Kier alpha value is -2.09. The Kier molecular flexibility index (Phi) is 2.67. The molecule has 0 saturated heterocycles. The Morgan fingerprint density at radius 2 is 2.21 bits per heavy atom. The number of hydrogen-bond donors (Lipinski definition) is 0. The minimum Gasteiger partial charge on any atom is -0.496 e. The van der Waals surface area contributed by atoms with Crippen molar-refractivity contribution in [2.45, 2.75) is 6.92 Å². The van der Waals surface area contributed by atoms with Crippen molar-refractivity contribution in [2.24, 2.45) is 0 Å². The van der Waals surface area contributed by atoms with Gasteiger partial charge in [-0.15, -0.1) is 0 Å². The summed E-state index contributed by atoms with van der Waals surface area (Å²) in [5, 5.41) is 19.3. The molecule has 1 aromatic carbocycles. The fraction of sp³-hybridized carbons (Fsp3) is 0.222. The molecule has 0 aliphatic heterocycles. The van der Waals surface area contributed by atoms with E-state index in [1.807, 2.05) is 0 Å². The van der Waals surface area contributed by atoms with Crippen LogP contribution in [0.15, 0.2) is 12.1 Å². The van der Waals surface area contributed by atoms with E-state index in [-0.39, 0.29) is 11.3 Å². The molecule has 0 aliphatic rings. The molecule has 1 aromatic rings. The Labute approximate surface area is 80.7 Å². The lowest BCUT2D eigenvalue weighted by atomic mass is 10.1. The number of rotatable bonds is 2. The molecule has 0 unspecified atom stereocenters. The first-order valence-corrected chi connectivity index (χ1v) is 3.84. The van der Waals surface area contributed by atoms with E-state index in [0.29, 0.717) is 11.3 Å². The fourth-order valence-electron chi connectivity index (χ4n) is 1.23. The molecule has 0 aromatic heterocycles. The zero-order chi connectivity index (χ0) is 10.7. The minimum absolute atomic E-state index is 0.0494. The molecular formula is C9H8N2O3. The third kappa shape index (κ3) is 1.50. The standard InChI is InChI=1S/C9H8N2O3/c1-6-8(14-2)4-3-7(5-10)9(6)11(12)13/h3-4H,1-2H3. The van der Waals surface area contributed by atoms with Gasteiger partial charge in [-0.3, -0.25) is 10.1 Å². The van der Waals surface area contributed by atoms with Gasteiger partial charge in [0.1, 0.15) is 17.4 Å². The van der Waals surface area contributed by atoms with E-state index in [1.165, 1.54) is 13.2 Å². The molecular weight excluding hydrogens is 184 g/mol. The third-order valence-electron chi connectivity index (χ3n) is 1.90. The Morgan fingerprint density at radius 3 is 2.64 bits per heavy atom. The number of benzene rings is 1. The van der Waals surface area contributed by atoms with E-state index < -0.39 is 4.92 Å². The number of nitriles is 1. The molecule has 14 heavy (non-hydrogen) atoms. The zero-order valence-corrected chi connectivity index (χ0v) is 7.77. The fourth-order valence-corrected chi connectivity index (χ4v) is 1.23. The second kappa shape index (κ2) is 3.75. The van der Waals surface area contributed by atoms with E-state index in [0.717, 1.165) is 0 Å². The molecule has 0 atom stereocenters. The number of nitrogens with zero attached hydrogens (tertiary/aromatic N) is 2. The summed E-state index contributed by atoms with van der Waals surface area (Å²) in [6.45, 7) is 1.55. The van der Waals surface area contributed by atoms with Gasteiger partial charge in [-0.2, -0.15) is 5.26 Å². The van der Waals surface area contributed by atoms with Gasteiger partial charge in [-0.1, -0.05) is 0 Å². The summed E-state index contributed by atoms with van der Waals surface area (Å²) in [6, 6.07) is 4.69. The van der Waals surface area contributed by atoms with E-state index >= 15 is 0 Å². The van der Waals surface area contributed by atoms with Crippen molar-refractivity contribution in [3.05, 3.63) is 33.4 Å². The van der Waals surface area contributed by atoms with Crippen molar-refractivity contribution < 1.29 is 9.66 Å². The highest BCUT2D eigenvalue weighted by Crippen LogP contribution is 2.30. The van der Waals surface area contributed by atoms with Gasteiger partial charge in [0, 0.05) is 0 Å². The van der Waals surface area contributed by atoms with Crippen LogP contribution in [0.1, 0.15) is 11.1 Å². The molecule has 72 valence electrons. The predicted octanol–water partition coefficient (Wildman–Crippen LogP) is 1.78. The van der Waals surface area contributed by atoms with Gasteiger partial charge in [0.05, 0.1) is 17.6 Å². The molecule has 0 heterocycles. The van der Waals surface area contributed by atoms with Crippen LogP contribution in [-0.4, -0.2) is 12.0 Å². The summed E-state index contributed by atoms with van der Waals surface area (Å²) < 4.78 is 4.92. The highest BCUT2D eigenvalue weighted by Gasteiger charge is 2.20. The Bertz CT molecular complexity index is 421. The van der Waals surface area contributed by atoms with E-state index in [2.05, 4.69) is 0 Å². The summed E-state index contributed by atoms with van der Waals surface area (Å²) in [5.74, 6) is 0.413. The van der Waals surface area contributed by atoms with Crippen LogP contribution in [0.4, 0.5) is 5.69 Å². The summed E-state index contributed by atoms with van der Waals surface area (Å²) in [6.07, 6.45) is 0. The van der Waals surface area contributed by atoms with E-state index in [1.54, 1.807) is 19.1 Å². The van der Waals surface area contributed by atoms with Gasteiger partial charge in [0.25, 0.3) is 5.69 Å². The molecule has 0 amide bonds. The largest absolute Gasteiger partial charge is 0.496 e. The van der Waals surface area contributed by atoms with Crippen LogP contribution in [-0.2, 0) is 0 Å². The smallest absolute Gasteiger partial charge is 0.293 e. The second-order valence-electron chi connectivity index (χ2n) is 2.66. The van der Waals surface area contributed by atoms with Gasteiger partial charge >= 0.3 is 0 Å². The van der Waals surface area contributed by atoms with Crippen LogP contribution in [0.5, 0.6) is 5.75 Å². The first-order chi connectivity index (χ1) is 6.61. The van der Waals surface area contributed by atoms with Crippen molar-refractivity contribution in [2.75, 3.05) is 7.11 Å². The number of methoxy groups -OCH3 is 1. The first-order valence-electron chi connectivity index (χ1n) is 3.84. The number of nitro benzene ring substituents is 1. The molecule has 1 rings (SSSR count). The molecule has 0 radical (unpaired) electrons. The summed E-state index contributed by atoms with van der Waals surface area (Å²) >= 11 is 0. The Balaban J connectivity index is 3.49. The molecule has 0 bridgehead atoms. The van der Waals surface area contributed by atoms with Crippen molar-refractivity contribution in [1.29, 1.82) is 5.26 Å². The maximum atomic E-state index is 10.7. The molecule has 0 aliphatic carbocycles. The van der Waals surface area contributed by atoms with Crippen LogP contribution >= 0.6 is 0 Å². The number of nitro groups is 1. The Morgan fingerprint density at radius 1 is 1.57 bits per heavy atom. The van der Waals surface area contributed by atoms with Crippen LogP contribution in [0, 0.1) is 28.4 Å². The zero-order valence-electron chi connectivity index (χ0n) is 7.77. The lowest BCUT2D eigenvalue weighted by Gasteiger charge is -2.05. The summed E-state index contributed by atoms with van der Waals surface area (Å²) in [7, 11) is 1.43. The predicted molar refractivity (Wildman–Crippen MR) is 49.1 cm³/mol. The van der Waals surface area contributed by atoms with Crippen LogP contribution in [0.2, 0.25) is 0 Å². The molecule has 0 spiro atoms. The summed E-state index contributed by atoms with van der Waals surface area (Å²) in [5.41, 5.74) is 0.233. The SMILES string of the molecule is COc1ccc(C#N)c([N+](=O)[O-])c1C. The van der Waals surface area contributed by atoms with Gasteiger partial charge in [-0.05, 0) is 19.1 Å². The molecule has 5 heteroatoms. The average Bonchev–Trinajstić information content (AvgIpc) is 2.16. The topological polar surface area (TPSA) is 76.2 Å². The first kappa shape index (κ1) is 9.99. The molecule has 0 N–H and O–H groups in total. The minimum atomic E-state index is -0.573. The van der Waals surface area contributed by atoms with E-state index in [9.17, 15) is 10.1 Å². The molecule has 0 fully saturated rings. The van der Waals surface area contributed by atoms with Crippen molar-refractivity contribution in [3.8, 4) is 11.8 Å². The summed E-state index contributed by atoms with van der Waals surface area (Å²) in [4.78, 5) is 10.1. The van der Waals surface area contributed by atoms with E-state index in [4.69, 9.17) is 10.00 Å². The van der Waals surface area contributed by atoms with Crippen LogP contribution in [0.25, 0.3) is 0 Å². The van der Waals surface area contributed by atoms with Gasteiger partial charge in [-0.25, -0.2) is 0 Å². The monoisotopic (exact) mass is 192 g/mol. The lowest BCUT2D eigenvalue weighted by molar-refractivity contribution is -0.385. The third-order valence-corrected chi connectivity index (χ3v) is 1.90. The lowest BCUT2D eigenvalue weighted by Crippen LogP contribution is -1.98. The van der Waals surface area contributed by atoms with Gasteiger partial charge in [0.15, 0.2) is 0 Å². The molecule has 5 nitrogen and oxygen atoms in total. The number of ether oxygens (including phenoxy) is 1. The van der Waals surface area contributed by atoms with Crippen molar-refractivity contribution in [3.63, 3.8) is 0 Å². The normalized spacial score (nSPS) is 9.21. The van der Waals surface area contributed by atoms with Crippen molar-refractivity contribution >= 4 is 5.69 Å². The molecule has 0 saturated carbocycles. The maximum absolute atomic E-state index is 10.7. The average molecular weight is 192 g/mol. The highest BCUT2D eigenvalue weighted by molar-refractivity contribution is 5.58.